The number of benzene rings is 3. The van der Waals surface area contributed by atoms with Crippen molar-refractivity contribution in [3.05, 3.63) is 81.9 Å². The summed E-state index contributed by atoms with van der Waals surface area (Å²) in [5.41, 5.74) is 7.70. The Balaban J connectivity index is 0.000000403. The van der Waals surface area contributed by atoms with Crippen LogP contribution in [-0.2, 0) is 328 Å². The van der Waals surface area contributed by atoms with E-state index >= 15 is 0 Å². The Labute approximate surface area is 536 Å². The minimum Gasteiger partial charge on any atom is -0.508 e. The van der Waals surface area contributed by atoms with Gasteiger partial charge in [0.25, 0.3) is 0 Å². The summed E-state index contributed by atoms with van der Waals surface area (Å²) in [6, 6.07) is 17.9. The van der Waals surface area contributed by atoms with Crippen LogP contribution >= 0.6 is 11.6 Å². The van der Waals surface area contributed by atoms with E-state index in [4.69, 9.17) is 43.4 Å². The van der Waals surface area contributed by atoms with Crippen molar-refractivity contribution in [2.24, 2.45) is 0 Å². The molecule has 4 aromatic rings. The van der Waals surface area contributed by atoms with E-state index in [0.717, 1.165) is 16.7 Å². The first kappa shape index (κ1) is 73.8. The first-order valence-electron chi connectivity index (χ1n) is 19.2. The summed E-state index contributed by atoms with van der Waals surface area (Å²) in [6.07, 6.45) is 0. The van der Waals surface area contributed by atoms with Crippen molar-refractivity contribution in [3.8, 4) is 17.2 Å². The molecule has 0 atom stereocenters. The van der Waals surface area contributed by atoms with Crippen molar-refractivity contribution in [2.45, 2.75) is 105 Å². The van der Waals surface area contributed by atoms with Crippen LogP contribution in [0, 0.1) is 0 Å². The normalized spacial score (nSPS) is 10.4. The van der Waals surface area contributed by atoms with Gasteiger partial charge in [-0.1, -0.05) is 113 Å². The molecule has 1 N–H and O–H groups in total. The fourth-order valence-corrected chi connectivity index (χ4v) is 87.1. The van der Waals surface area contributed by atoms with Crippen LogP contribution in [-0.4, -0.2) is 10.1 Å². The minimum atomic E-state index is -0.0232. The molecule has 3 aromatic carbocycles. The van der Waals surface area contributed by atoms with Gasteiger partial charge in [0.15, 0.2) is 5.58 Å². The molecule has 0 amide bonds. The van der Waals surface area contributed by atoms with Crippen molar-refractivity contribution < 1.29 is 9.52 Å². The van der Waals surface area contributed by atoms with Gasteiger partial charge >= 0.3 is 0 Å². The Morgan fingerprint density at radius 2 is 0.726 bits per heavy atom. The number of hydrogen-bond acceptors (Lipinski definition) is 5. The quantitative estimate of drug-likeness (QED) is 0.206. The van der Waals surface area contributed by atoms with Gasteiger partial charge in [-0.15, -0.1) is 0 Å². The highest BCUT2D eigenvalue weighted by atomic mass is 35.5. The maximum absolute atomic E-state index is 9.72. The third kappa shape index (κ3) is 35.6. The lowest BCUT2D eigenvalue weighted by Crippen LogP contribution is -2.16. The maximum atomic E-state index is 9.72. The summed E-state index contributed by atoms with van der Waals surface area (Å²) in [4.78, 5) is 4.75. The van der Waals surface area contributed by atoms with E-state index in [1.54, 1.807) is 107 Å². The van der Waals surface area contributed by atoms with Gasteiger partial charge in [-0.25, -0.2) is 4.98 Å². The number of oxazole rings is 1. The largest absolute Gasteiger partial charge is 0.508 e. The zero-order chi connectivity index (χ0) is 54.2. The Morgan fingerprint density at radius 3 is 1.01 bits per heavy atom. The van der Waals surface area contributed by atoms with Crippen LogP contribution in [0.15, 0.2) is 59.0 Å². The molecular formula is C35H46ClNO2S34. The van der Waals surface area contributed by atoms with Crippen molar-refractivity contribution in [3.63, 3.8) is 0 Å². The van der Waals surface area contributed by atoms with Crippen LogP contribution in [0.5, 0.6) is 5.75 Å². The Bertz CT molecular complexity index is 3970. The standard InChI is InChI=1S/C21H24ClNO.C14H22O.S34/c1-20(2,3)14-11-16(21(4,5)6)18-17(12-14)23-19(24-18)13-8-7-9-15(22)10-13;1-13(2,3)10-7-11(14(4,5)6)9-12(15)8-10;1-3-5-7-9-11-13-15-17-19-21-23-25-27-29-31-33-34-32-30-28-26-24-22-20-18-16-14-12-10-8-6-4-2/h7-12H,1-6H3;7-9,15H,1-6H3;. The molecule has 0 fully saturated rings. The van der Waals surface area contributed by atoms with E-state index in [1.165, 1.54) is 40.0 Å². The molecule has 1 heterocycles. The summed E-state index contributed by atoms with van der Waals surface area (Å²) in [5, 5.41) is 10.4. The predicted molar refractivity (Wildman–Crippen MR) is 418 cm³/mol. The number of aromatic hydroxyl groups is 1. The molecule has 0 saturated carbocycles. The Morgan fingerprint density at radius 1 is 0.411 bits per heavy atom. The van der Waals surface area contributed by atoms with Crippen LogP contribution in [0.25, 0.3) is 22.6 Å². The Hall–Kier alpha value is 4.70. The van der Waals surface area contributed by atoms with Crippen LogP contribution in [0.1, 0.15) is 105 Å². The topological polar surface area (TPSA) is 46.3 Å². The van der Waals surface area contributed by atoms with E-state index in [9.17, 15) is 5.11 Å². The smallest absolute Gasteiger partial charge is 0.227 e. The lowest BCUT2D eigenvalue weighted by atomic mass is 9.80. The summed E-state index contributed by atoms with van der Waals surface area (Å²) >= 11 is 15.7. The van der Waals surface area contributed by atoms with Crippen molar-refractivity contribution >= 4 is 329 Å². The first-order chi connectivity index (χ1) is 34.6. The van der Waals surface area contributed by atoms with Crippen LogP contribution in [0.2, 0.25) is 5.02 Å². The average molecular weight is 1640 g/mol. The number of halogens is 1. The zero-order valence-electron chi connectivity index (χ0n) is 39.8. The average Bonchev–Trinajstić information content (AvgIpc) is 3.76. The Kier molecular flexibility index (Phi) is 43.0. The SMILES string of the molecule is CC(C)(C)c1cc(C(C)(C)C)c2oc(-c3cccc(Cl)c3)nc2c1.CC(C)(C)c1cc(O)cc(C(C)(C)C)c1.S=S=S=S=S=S=S=S=S=S=S=S=S=S=S=S=S=S=S=S=S=S=S=S=S=S=S=S=S=S=S=S=S=S. The molecule has 414 valence electrons. The van der Waals surface area contributed by atoms with Crippen LogP contribution < -0.4 is 0 Å². The molecule has 0 aliphatic heterocycles. The number of fused-ring (bicyclic) bond motifs is 1. The summed E-state index contributed by atoms with van der Waals surface area (Å²) in [5.74, 6) is 0.983. The van der Waals surface area contributed by atoms with Gasteiger partial charge in [-0.3, -0.25) is 0 Å². The van der Waals surface area contributed by atoms with E-state index in [2.05, 4.69) is 101 Å². The van der Waals surface area contributed by atoms with E-state index in [1.807, 2.05) is 196 Å². The van der Waals surface area contributed by atoms with Gasteiger partial charge in [-0.05, 0) is 74.7 Å². The second-order valence-corrected chi connectivity index (χ2v) is 73.9. The van der Waals surface area contributed by atoms with Gasteiger partial charge < -0.3 is 9.52 Å². The lowest BCUT2D eigenvalue weighted by molar-refractivity contribution is 0.466. The van der Waals surface area contributed by atoms with Crippen LogP contribution in [0.4, 0.5) is 0 Å². The molecule has 0 radical (unpaired) electrons. The molecule has 73 heavy (non-hydrogen) atoms. The molecule has 0 saturated heterocycles. The third-order valence-electron chi connectivity index (χ3n) is 7.75. The second kappa shape index (κ2) is 42.5. The predicted octanol–water partition coefficient (Wildman–Crippen LogP) is 10.6. The number of rotatable bonds is 1. The molecule has 0 spiro atoms. The summed E-state index contributed by atoms with van der Waals surface area (Å²) in [6.45, 7) is 26.2. The van der Waals surface area contributed by atoms with Crippen molar-refractivity contribution in [1.82, 2.24) is 4.98 Å². The molecule has 0 aliphatic carbocycles. The molecule has 38 heteroatoms. The number of aromatic nitrogens is 1. The molecule has 3 nitrogen and oxygen atoms in total. The lowest BCUT2D eigenvalue weighted by Gasteiger charge is -2.25. The third-order valence-corrected chi connectivity index (χ3v) is 76.9. The molecule has 0 bridgehead atoms. The number of nitrogens with zero attached hydrogens (tertiary/aromatic N) is 1. The van der Waals surface area contributed by atoms with E-state index in [-0.39, 0.29) is 21.7 Å². The highest BCUT2D eigenvalue weighted by molar-refractivity contribution is 8.80. The number of hydrogen-bond donors (Lipinski definition) is 1. The molecule has 1 aromatic heterocycles. The number of phenols is 1. The fourth-order valence-electron chi connectivity index (χ4n) is 4.59. The van der Waals surface area contributed by atoms with Gasteiger partial charge in [0.1, 0.15) is 11.3 Å². The minimum absolute atomic E-state index is 0.0232. The van der Waals surface area contributed by atoms with E-state index < -0.39 is 0 Å². The monoisotopic (exact) mass is 1630 g/mol. The molecule has 0 unspecified atom stereocenters. The second-order valence-electron chi connectivity index (χ2n) is 16.8. The molecule has 0 aliphatic rings. The molecule has 4 rings (SSSR count). The van der Waals surface area contributed by atoms with Gasteiger partial charge in [0, 0.05) is 323 Å². The zero-order valence-corrected chi connectivity index (χ0v) is 68.3. The fraction of sp³-hybridized carbons (Fsp3) is 0.457. The van der Waals surface area contributed by atoms with Gasteiger partial charge in [-0.2, -0.15) is 0 Å². The maximum Gasteiger partial charge on any atom is 0.227 e. The van der Waals surface area contributed by atoms with E-state index in [0.29, 0.717) is 16.7 Å². The summed E-state index contributed by atoms with van der Waals surface area (Å²) in [7, 11) is 56.4. The summed E-state index contributed by atoms with van der Waals surface area (Å²) < 4.78 is 6.16. The van der Waals surface area contributed by atoms with Crippen molar-refractivity contribution in [1.29, 1.82) is 0 Å². The molecular weight excluding hydrogens is 1590 g/mol. The highest BCUT2D eigenvalue weighted by Crippen LogP contribution is 2.37. The highest BCUT2D eigenvalue weighted by Gasteiger charge is 2.26. The van der Waals surface area contributed by atoms with Crippen LogP contribution in [0.3, 0.4) is 0 Å². The van der Waals surface area contributed by atoms with Gasteiger partial charge in [0.05, 0.1) is 0 Å². The van der Waals surface area contributed by atoms with Crippen molar-refractivity contribution in [2.75, 3.05) is 0 Å². The number of phenolic OH excluding ortho intramolecular Hbond substituents is 1. The van der Waals surface area contributed by atoms with Gasteiger partial charge in [0.2, 0.25) is 5.89 Å². The first-order valence-corrected chi connectivity index (χ1v) is 63.6.